The number of rotatable bonds is 20. The summed E-state index contributed by atoms with van der Waals surface area (Å²) < 4.78 is 46.3. The minimum Gasteiger partial charge on any atom is -0.489 e. The number of pyridine rings is 3. The molecule has 3 saturated carbocycles. The standard InChI is InChI=1S/C32H28Cl3N3O5.C28H20Cl3N3O5.C22H18Cl2N2O3.C10H11Cl2NO2/c1-32(2,3)42-31(40)19-14-24(35)30(36-15-19)38-25-11-10-20(13-18(25)9-12-26(38)39)41-16-21-28(37-43-29(21)17-7-8-17)27-22(33)5-4-6-23(27)34;29-19-2-1-3-20(30)24(19)25-18(26(39-33-25)14-4-5-14)13-38-17-7-8-22-15(10-17)6-9-23(35)34(22)27-21(31)11-16(12-32-27)28(36)37;23-16-2-1-3-17(24)20(16)21-15(22(29-26-21)12-4-5-12)11-28-14-7-8-18-13(10-14)6-9-19(27)25-18;1-10(2,3)15-9(14)6-4-7(11)8(12)13-5-6/h4-6,10-11,13-15,17H,7-9,12,16H2,1-3H3;1-3,7-8,10-12,14H,4-6,9,13H2,(H,36,37);1-3,7-8,10,12H,4-6,9,11H2,(H,25,27);4-5H,1-3H3. The zero-order valence-electron chi connectivity index (χ0n) is 68.2. The lowest BCUT2D eigenvalue weighted by atomic mass is 10.0. The van der Waals surface area contributed by atoms with Crippen molar-refractivity contribution in [1.29, 1.82) is 0 Å². The molecule has 0 atom stereocenters. The van der Waals surface area contributed by atoms with E-state index < -0.39 is 29.1 Å². The number of aromatic carboxylic acids is 1. The lowest BCUT2D eigenvalue weighted by Crippen LogP contribution is -2.32. The van der Waals surface area contributed by atoms with E-state index in [1.54, 1.807) is 114 Å². The molecule has 6 aromatic heterocycles. The van der Waals surface area contributed by atoms with E-state index in [0.717, 1.165) is 101 Å². The third-order valence-corrected chi connectivity index (χ3v) is 23.8. The molecule has 0 saturated heterocycles. The molecule has 24 nitrogen and oxygen atoms in total. The van der Waals surface area contributed by atoms with Gasteiger partial charge in [0.05, 0.1) is 90.0 Å². The quantitative estimate of drug-likeness (QED) is 0.0529. The minimum atomic E-state index is -1.15. The van der Waals surface area contributed by atoms with E-state index in [-0.39, 0.29) is 86.8 Å². The normalized spacial score (nSPS) is 14.7. The Morgan fingerprint density at radius 3 is 1.12 bits per heavy atom. The highest BCUT2D eigenvalue weighted by Gasteiger charge is 2.39. The maximum absolute atomic E-state index is 13.1. The van der Waals surface area contributed by atoms with Gasteiger partial charge in [0.2, 0.25) is 17.7 Å². The molecule has 0 spiro atoms. The Bertz CT molecular complexity index is 6210. The van der Waals surface area contributed by atoms with Crippen molar-refractivity contribution >= 4 is 180 Å². The number of benzene rings is 6. The first-order valence-electron chi connectivity index (χ1n) is 40.0. The minimum absolute atomic E-state index is 0.0472. The van der Waals surface area contributed by atoms with Crippen molar-refractivity contribution in [1.82, 2.24) is 30.4 Å². The van der Waals surface area contributed by atoms with Crippen molar-refractivity contribution in [3.63, 3.8) is 0 Å². The molecule has 0 bridgehead atoms. The van der Waals surface area contributed by atoms with Gasteiger partial charge in [0.25, 0.3) is 0 Å². The van der Waals surface area contributed by atoms with Crippen molar-refractivity contribution in [3.05, 3.63) is 264 Å². The van der Waals surface area contributed by atoms with E-state index >= 15 is 0 Å². The van der Waals surface area contributed by atoms with Gasteiger partial charge in [0.1, 0.15) is 87.8 Å². The molecule has 34 heteroatoms. The Hall–Kier alpha value is -10.5. The first-order chi connectivity index (χ1) is 60.2. The Kier molecular flexibility index (Phi) is 27.4. The van der Waals surface area contributed by atoms with E-state index in [1.807, 2.05) is 36.4 Å². The van der Waals surface area contributed by atoms with Crippen LogP contribution < -0.4 is 29.3 Å². The molecular formula is C92H77Cl10N9O15. The summed E-state index contributed by atoms with van der Waals surface area (Å²) >= 11 is 63.0. The summed E-state index contributed by atoms with van der Waals surface area (Å²) in [6.07, 6.45) is 12.9. The van der Waals surface area contributed by atoms with E-state index in [2.05, 4.69) is 35.7 Å². The van der Waals surface area contributed by atoms with Crippen molar-refractivity contribution in [2.24, 2.45) is 0 Å². The number of carbonyl (C=O) groups is 6. The number of hydrogen-bond acceptors (Lipinski definition) is 20. The van der Waals surface area contributed by atoms with E-state index in [0.29, 0.717) is 142 Å². The molecule has 0 radical (unpaired) electrons. The largest absolute Gasteiger partial charge is 0.489 e. The second-order valence-electron chi connectivity index (χ2n) is 32.4. The van der Waals surface area contributed by atoms with Gasteiger partial charge < -0.3 is 47.7 Å². The number of aromatic nitrogens is 6. The van der Waals surface area contributed by atoms with E-state index in [4.69, 9.17) is 153 Å². The number of ether oxygens (including phenoxy) is 5. The highest BCUT2D eigenvalue weighted by Crippen LogP contribution is 2.51. The van der Waals surface area contributed by atoms with Gasteiger partial charge in [-0.2, -0.15) is 0 Å². The number of fused-ring (bicyclic) bond motifs is 3. The Balaban J connectivity index is 0.000000136. The van der Waals surface area contributed by atoms with Gasteiger partial charge in [0.15, 0.2) is 11.6 Å². The molecule has 6 aliphatic rings. The predicted octanol–water partition coefficient (Wildman–Crippen LogP) is 25.5. The molecule has 3 fully saturated rings. The van der Waals surface area contributed by atoms with Crippen molar-refractivity contribution in [2.75, 3.05) is 15.1 Å². The van der Waals surface area contributed by atoms with Gasteiger partial charge in [-0.15, -0.1) is 0 Å². The van der Waals surface area contributed by atoms with Crippen LogP contribution in [0.25, 0.3) is 33.8 Å². The number of halogens is 10. The van der Waals surface area contributed by atoms with E-state index in [9.17, 15) is 33.9 Å². The fourth-order valence-corrected chi connectivity index (χ4v) is 16.8. The number of aryl methyl sites for hydroxylation is 3. The van der Waals surface area contributed by atoms with Crippen LogP contribution in [0.1, 0.15) is 199 Å². The van der Waals surface area contributed by atoms with Crippen LogP contribution in [-0.2, 0) is 62.9 Å². The van der Waals surface area contributed by atoms with Gasteiger partial charge in [-0.3, -0.25) is 24.2 Å². The average Bonchev–Trinajstić information content (AvgIpc) is 1.65. The molecule has 9 heterocycles. The fraction of sp³-hybridized carbons (Fsp3) is 0.283. The number of amides is 3. The molecule has 0 unspecified atom stereocenters. The highest BCUT2D eigenvalue weighted by molar-refractivity contribution is 6.42. The molecule has 6 aromatic carbocycles. The summed E-state index contributed by atoms with van der Waals surface area (Å²) in [5, 5.41) is 28.6. The van der Waals surface area contributed by atoms with Crippen molar-refractivity contribution < 1.29 is 71.1 Å². The maximum Gasteiger partial charge on any atom is 0.340 e. The fourth-order valence-electron chi connectivity index (χ4n) is 14.3. The van der Waals surface area contributed by atoms with Crippen LogP contribution in [0.5, 0.6) is 17.2 Å². The van der Waals surface area contributed by atoms with Crippen LogP contribution in [0, 0.1) is 0 Å². The van der Waals surface area contributed by atoms with Gasteiger partial charge in [-0.1, -0.05) is 150 Å². The lowest BCUT2D eigenvalue weighted by molar-refractivity contribution is -0.119. The van der Waals surface area contributed by atoms with Gasteiger partial charge >= 0.3 is 17.9 Å². The summed E-state index contributed by atoms with van der Waals surface area (Å²) in [5.41, 5.74) is 10.3. The first kappa shape index (κ1) is 90.3. The Morgan fingerprint density at radius 2 is 0.762 bits per heavy atom. The molecule has 2 N–H and O–H groups in total. The van der Waals surface area contributed by atoms with Crippen molar-refractivity contribution in [2.45, 2.75) is 167 Å². The second kappa shape index (κ2) is 38.2. The average molecular weight is 1900 g/mol. The van der Waals surface area contributed by atoms with Crippen LogP contribution in [0.2, 0.25) is 50.4 Å². The molecule has 3 amide bonds. The lowest BCUT2D eigenvalue weighted by Gasteiger charge is -2.29. The number of carboxylic acid groups (broad SMARTS) is 1. The Labute approximate surface area is 773 Å². The van der Waals surface area contributed by atoms with Gasteiger partial charge in [-0.05, 0) is 225 Å². The summed E-state index contributed by atoms with van der Waals surface area (Å²) in [7, 11) is 0. The SMILES string of the molecule is CC(C)(C)OC(=O)c1cnc(Cl)c(Cl)c1.CC(C)(C)OC(=O)c1cnc(N2C(=O)CCc3cc(OCc4c(-c5c(Cl)cccc5Cl)noc4C4CC4)ccc32)c(Cl)c1.O=C(O)c1cnc(N2C(=O)CCc3cc(OCc4c(-c5c(Cl)cccc5Cl)noc4C4CC4)ccc32)c(Cl)c1.O=C1CCc2cc(OCc3c(-c4c(Cl)cccc4Cl)noc3C3CC3)ccc2N1. The molecule has 12 aromatic rings. The number of hydrogen-bond donors (Lipinski definition) is 2. The zero-order valence-corrected chi connectivity index (χ0v) is 75.8. The van der Waals surface area contributed by atoms with Crippen LogP contribution in [0.3, 0.4) is 0 Å². The first-order valence-corrected chi connectivity index (χ1v) is 43.8. The van der Waals surface area contributed by atoms with Gasteiger partial charge in [0, 0.05) is 78.0 Å². The highest BCUT2D eigenvalue weighted by atomic mass is 35.5. The van der Waals surface area contributed by atoms with Gasteiger partial charge in [-0.25, -0.2) is 29.3 Å². The number of nitrogens with one attached hydrogen (secondary N) is 1. The smallest absolute Gasteiger partial charge is 0.340 e. The van der Waals surface area contributed by atoms with Crippen LogP contribution >= 0.6 is 116 Å². The molecular weight excluding hydrogens is 1830 g/mol. The number of carbonyl (C=O) groups excluding carboxylic acids is 5. The number of esters is 2. The third-order valence-electron chi connectivity index (χ3n) is 20.7. The zero-order chi connectivity index (χ0) is 89.3. The number of nitrogens with zero attached hydrogens (tertiary/aromatic N) is 8. The van der Waals surface area contributed by atoms with Crippen LogP contribution in [0.4, 0.5) is 28.7 Å². The Morgan fingerprint density at radius 1 is 0.421 bits per heavy atom. The molecule has 3 aliphatic carbocycles. The number of carboxylic acids is 1. The van der Waals surface area contributed by atoms with E-state index in [1.165, 1.54) is 46.6 Å². The van der Waals surface area contributed by atoms with Crippen LogP contribution in [0.15, 0.2) is 160 Å². The molecule has 650 valence electrons. The second-order valence-corrected chi connectivity index (χ2v) is 36.4. The predicted molar refractivity (Wildman–Crippen MR) is 482 cm³/mol. The summed E-state index contributed by atoms with van der Waals surface area (Å²) in [4.78, 5) is 88.0. The molecule has 126 heavy (non-hydrogen) atoms. The summed E-state index contributed by atoms with van der Waals surface area (Å²) in [6.45, 7) is 11.4. The summed E-state index contributed by atoms with van der Waals surface area (Å²) in [6, 6.07) is 36.8. The van der Waals surface area contributed by atoms with Crippen LogP contribution in [-0.4, -0.2) is 82.4 Å². The maximum atomic E-state index is 13.1. The summed E-state index contributed by atoms with van der Waals surface area (Å²) in [5.74, 6) is 3.30. The third kappa shape index (κ3) is 21.0. The molecule has 18 rings (SSSR count). The molecule has 3 aliphatic heterocycles. The topological polar surface area (TPSA) is 304 Å². The monoisotopic (exact) mass is 1900 g/mol. The number of anilines is 5. The van der Waals surface area contributed by atoms with Crippen molar-refractivity contribution in [3.8, 4) is 51.0 Å².